The predicted octanol–water partition coefficient (Wildman–Crippen LogP) is 2.80. The van der Waals surface area contributed by atoms with Crippen molar-refractivity contribution in [3.05, 3.63) is 47.3 Å². The van der Waals surface area contributed by atoms with Gasteiger partial charge in [0.1, 0.15) is 0 Å². The average Bonchev–Trinajstić information content (AvgIpc) is 2.69. The monoisotopic (exact) mass is 373 g/mol. The number of hydrogen-bond donors (Lipinski definition) is 2. The lowest BCUT2D eigenvalue weighted by Crippen LogP contribution is -2.34. The summed E-state index contributed by atoms with van der Waals surface area (Å²) in [6, 6.07) is 7.38. The van der Waals surface area contributed by atoms with Crippen molar-refractivity contribution in [1.29, 1.82) is 0 Å². The van der Waals surface area contributed by atoms with Crippen LogP contribution in [0, 0.1) is 5.82 Å². The van der Waals surface area contributed by atoms with Gasteiger partial charge in [0.15, 0.2) is 17.3 Å². The minimum Gasteiger partial charge on any atom is -0.493 e. The molecule has 2 aromatic rings. The summed E-state index contributed by atoms with van der Waals surface area (Å²) >= 11 is 0. The zero-order chi connectivity index (χ0) is 19.6. The summed E-state index contributed by atoms with van der Waals surface area (Å²) in [6.45, 7) is 0.367. The molecule has 3 rings (SSSR count). The summed E-state index contributed by atoms with van der Waals surface area (Å²) < 4.78 is 25.1. The van der Waals surface area contributed by atoms with E-state index in [4.69, 9.17) is 9.47 Å². The molecule has 142 valence electrons. The van der Waals surface area contributed by atoms with Crippen molar-refractivity contribution in [3.63, 3.8) is 0 Å². The second kappa shape index (κ2) is 7.53. The van der Waals surface area contributed by atoms with Crippen molar-refractivity contribution in [1.82, 2.24) is 5.32 Å². The summed E-state index contributed by atoms with van der Waals surface area (Å²) in [4.78, 5) is 25.7. The van der Waals surface area contributed by atoms with E-state index in [0.29, 0.717) is 41.3 Å². The second-order valence-electron chi connectivity index (χ2n) is 5.99. The third-order valence-corrected chi connectivity index (χ3v) is 4.45. The number of fused-ring (bicyclic) bond motifs is 1. The average molecular weight is 373 g/mol. The van der Waals surface area contributed by atoms with E-state index in [2.05, 4.69) is 10.6 Å². The number of anilines is 2. The first-order valence-corrected chi connectivity index (χ1v) is 8.32. The lowest BCUT2D eigenvalue weighted by molar-refractivity contribution is 0.0945. The zero-order valence-electron chi connectivity index (χ0n) is 15.3. The molecule has 2 N–H and O–H groups in total. The molecule has 0 atom stereocenters. The highest BCUT2D eigenvalue weighted by Gasteiger charge is 2.23. The van der Waals surface area contributed by atoms with Gasteiger partial charge >= 0.3 is 6.03 Å². The molecule has 3 amide bonds. The van der Waals surface area contributed by atoms with E-state index in [0.717, 1.165) is 0 Å². The number of benzene rings is 2. The predicted molar refractivity (Wildman–Crippen MR) is 99.4 cm³/mol. The number of methoxy groups -OCH3 is 2. The van der Waals surface area contributed by atoms with Crippen LogP contribution in [0.25, 0.3) is 0 Å². The number of carbonyl (C=O) groups is 2. The van der Waals surface area contributed by atoms with E-state index in [1.807, 2.05) is 0 Å². The van der Waals surface area contributed by atoms with Gasteiger partial charge in [-0.2, -0.15) is 0 Å². The minimum absolute atomic E-state index is 0.0285. The number of nitrogens with zero attached hydrogens (tertiary/aromatic N) is 1. The fourth-order valence-electron chi connectivity index (χ4n) is 2.92. The van der Waals surface area contributed by atoms with E-state index in [1.165, 1.54) is 31.3 Å². The topological polar surface area (TPSA) is 79.9 Å². The maximum atomic E-state index is 14.7. The number of halogens is 1. The van der Waals surface area contributed by atoms with E-state index in [-0.39, 0.29) is 11.6 Å². The Kier molecular flexibility index (Phi) is 5.16. The van der Waals surface area contributed by atoms with Gasteiger partial charge in [0.05, 0.1) is 19.9 Å². The van der Waals surface area contributed by atoms with Gasteiger partial charge < -0.3 is 20.1 Å². The van der Waals surface area contributed by atoms with Gasteiger partial charge in [-0.25, -0.2) is 9.18 Å². The first kappa shape index (κ1) is 18.5. The van der Waals surface area contributed by atoms with Gasteiger partial charge in [0.25, 0.3) is 5.91 Å². The Balaban J connectivity index is 1.82. The largest absolute Gasteiger partial charge is 0.493 e. The molecule has 0 spiro atoms. The molecular formula is C19H20FN3O4. The molecule has 0 bridgehead atoms. The normalized spacial score (nSPS) is 12.7. The third kappa shape index (κ3) is 3.51. The molecule has 0 saturated heterocycles. The Bertz CT molecular complexity index is 901. The molecule has 1 aliphatic heterocycles. The van der Waals surface area contributed by atoms with Gasteiger partial charge in [-0.05, 0) is 30.7 Å². The van der Waals surface area contributed by atoms with Crippen molar-refractivity contribution in [2.45, 2.75) is 6.42 Å². The quantitative estimate of drug-likeness (QED) is 0.864. The summed E-state index contributed by atoms with van der Waals surface area (Å²) in [5.41, 5.74) is 1.18. The first-order valence-electron chi connectivity index (χ1n) is 8.32. The zero-order valence-corrected chi connectivity index (χ0v) is 15.3. The standard InChI is InChI=1S/C19H20FN3O4/c1-23(11-4-7-15(26-2)16(10-11)27-3)19(25)22-14-6-5-13-12(17(14)20)8-9-21-18(13)24/h4-7,10H,8-9H2,1-3H3,(H,21,24)(H,22,25). The molecule has 0 radical (unpaired) electrons. The number of nitrogens with one attached hydrogen (secondary N) is 2. The Labute approximate surface area is 156 Å². The van der Waals surface area contributed by atoms with Gasteiger partial charge in [-0.3, -0.25) is 9.69 Å². The Morgan fingerprint density at radius 1 is 1.19 bits per heavy atom. The van der Waals surface area contributed by atoms with Gasteiger partial charge in [-0.15, -0.1) is 0 Å². The lowest BCUT2D eigenvalue weighted by atomic mass is 9.99. The Morgan fingerprint density at radius 3 is 2.63 bits per heavy atom. The van der Waals surface area contributed by atoms with Crippen LogP contribution in [0.4, 0.5) is 20.6 Å². The Morgan fingerprint density at radius 2 is 1.93 bits per heavy atom. The Hall–Kier alpha value is -3.29. The number of hydrogen-bond acceptors (Lipinski definition) is 4. The summed E-state index contributed by atoms with van der Waals surface area (Å²) in [6.07, 6.45) is 0.377. The molecule has 0 aromatic heterocycles. The molecular weight excluding hydrogens is 353 g/mol. The molecule has 0 aliphatic carbocycles. The highest BCUT2D eigenvalue weighted by atomic mass is 19.1. The van der Waals surface area contributed by atoms with Crippen LogP contribution >= 0.6 is 0 Å². The fourth-order valence-corrected chi connectivity index (χ4v) is 2.92. The van der Waals surface area contributed by atoms with E-state index >= 15 is 0 Å². The van der Waals surface area contributed by atoms with Crippen LogP contribution in [-0.2, 0) is 6.42 Å². The highest BCUT2D eigenvalue weighted by Crippen LogP contribution is 2.31. The van der Waals surface area contributed by atoms with Crippen LogP contribution in [0.2, 0.25) is 0 Å². The molecule has 0 unspecified atom stereocenters. The van der Waals surface area contributed by atoms with Crippen molar-refractivity contribution >= 4 is 23.3 Å². The summed E-state index contributed by atoms with van der Waals surface area (Å²) in [5, 5.41) is 5.21. The number of rotatable bonds is 4. The van der Waals surface area contributed by atoms with Gasteiger partial charge in [0.2, 0.25) is 0 Å². The van der Waals surface area contributed by atoms with E-state index in [9.17, 15) is 14.0 Å². The van der Waals surface area contributed by atoms with E-state index < -0.39 is 11.8 Å². The van der Waals surface area contributed by atoms with Crippen LogP contribution in [0.5, 0.6) is 11.5 Å². The minimum atomic E-state index is -0.587. The van der Waals surface area contributed by atoms with E-state index in [1.54, 1.807) is 25.2 Å². The number of urea groups is 1. The van der Waals surface area contributed by atoms with Gasteiger partial charge in [-0.1, -0.05) is 0 Å². The molecule has 8 heteroatoms. The van der Waals surface area contributed by atoms with Crippen molar-refractivity contribution < 1.29 is 23.5 Å². The highest BCUT2D eigenvalue weighted by molar-refractivity contribution is 6.02. The maximum absolute atomic E-state index is 14.7. The van der Waals surface area contributed by atoms with Crippen molar-refractivity contribution in [2.75, 3.05) is 38.0 Å². The van der Waals surface area contributed by atoms with Crippen LogP contribution in [0.3, 0.4) is 0 Å². The smallest absolute Gasteiger partial charge is 0.326 e. The molecule has 0 fully saturated rings. The van der Waals surface area contributed by atoms with Crippen LogP contribution < -0.4 is 25.0 Å². The number of carbonyl (C=O) groups excluding carboxylic acids is 2. The van der Waals surface area contributed by atoms with Crippen molar-refractivity contribution in [2.24, 2.45) is 0 Å². The van der Waals surface area contributed by atoms with Gasteiger partial charge in [0, 0.05) is 36.5 Å². The third-order valence-electron chi connectivity index (χ3n) is 4.45. The molecule has 7 nitrogen and oxygen atoms in total. The SMILES string of the molecule is COc1ccc(N(C)C(=O)Nc2ccc3c(c2F)CCNC3=O)cc1OC. The lowest BCUT2D eigenvalue weighted by Gasteiger charge is -2.22. The second-order valence-corrected chi connectivity index (χ2v) is 5.99. The molecule has 2 aromatic carbocycles. The first-order chi connectivity index (χ1) is 13.0. The molecule has 1 heterocycles. The molecule has 1 aliphatic rings. The van der Waals surface area contributed by atoms with Crippen LogP contribution in [0.1, 0.15) is 15.9 Å². The maximum Gasteiger partial charge on any atom is 0.326 e. The molecule has 27 heavy (non-hydrogen) atoms. The summed E-state index contributed by atoms with van der Waals surface area (Å²) in [5.74, 6) is 0.113. The van der Waals surface area contributed by atoms with Crippen molar-refractivity contribution in [3.8, 4) is 11.5 Å². The number of amides is 3. The fraction of sp³-hybridized carbons (Fsp3) is 0.263. The van der Waals surface area contributed by atoms with Crippen LogP contribution in [0.15, 0.2) is 30.3 Å². The number of ether oxygens (including phenoxy) is 2. The van der Waals surface area contributed by atoms with Crippen LogP contribution in [-0.4, -0.2) is 39.8 Å². The summed E-state index contributed by atoms with van der Waals surface area (Å²) in [7, 11) is 4.58. The molecule has 0 saturated carbocycles.